The molecule has 1 aliphatic heterocycles. The van der Waals surface area contributed by atoms with Gasteiger partial charge in [0.25, 0.3) is 5.69 Å². The number of nitro groups is 1. The summed E-state index contributed by atoms with van der Waals surface area (Å²) in [4.78, 5) is 51.7. The van der Waals surface area contributed by atoms with Gasteiger partial charge < -0.3 is 14.4 Å². The lowest BCUT2D eigenvalue weighted by Gasteiger charge is -2.34. The van der Waals surface area contributed by atoms with Crippen LogP contribution in [0.25, 0.3) is 0 Å². The standard InChI is InChI=1S/C27H34N4O9S/c1-18(25(33)40-27(2,3)4)30(19-9-13-21(14-10-19)39-26(34)28(5)6)24(32)23-8-7-17-29(23)41(37,38)22-15-11-20(12-16-22)31(35)36/h9-16,18,23H,7-8,17H2,1-6H3/t18-,23-/m0/s1. The van der Waals surface area contributed by atoms with Gasteiger partial charge in [0.1, 0.15) is 23.4 Å². The molecule has 0 saturated carbocycles. The van der Waals surface area contributed by atoms with Gasteiger partial charge in [-0.1, -0.05) is 0 Å². The van der Waals surface area contributed by atoms with Crippen LogP contribution in [0.4, 0.5) is 16.2 Å². The van der Waals surface area contributed by atoms with E-state index in [1.807, 2.05) is 0 Å². The molecule has 13 nitrogen and oxygen atoms in total. The van der Waals surface area contributed by atoms with E-state index >= 15 is 0 Å². The Morgan fingerprint density at radius 3 is 2.15 bits per heavy atom. The van der Waals surface area contributed by atoms with Gasteiger partial charge in [-0.2, -0.15) is 4.31 Å². The molecule has 1 aliphatic rings. The zero-order chi connectivity index (χ0) is 30.7. The molecule has 222 valence electrons. The number of rotatable bonds is 8. The Morgan fingerprint density at radius 1 is 1.05 bits per heavy atom. The molecule has 3 rings (SSSR count). The number of carbonyl (C=O) groups is 3. The number of carbonyl (C=O) groups excluding carboxylic acids is 3. The topological polar surface area (TPSA) is 157 Å². The van der Waals surface area contributed by atoms with Crippen molar-refractivity contribution in [2.75, 3.05) is 25.5 Å². The van der Waals surface area contributed by atoms with Crippen LogP contribution in [0.15, 0.2) is 53.4 Å². The SMILES string of the molecule is C[C@@H](C(=O)OC(C)(C)C)N(C(=O)[C@@H]1CCCN1S(=O)(=O)c1ccc([N+](=O)[O-])cc1)c1ccc(OC(=O)N(C)C)cc1. The predicted octanol–water partition coefficient (Wildman–Crippen LogP) is 3.57. The highest BCUT2D eigenvalue weighted by Crippen LogP contribution is 2.31. The first kappa shape index (κ1) is 31.5. The molecular weight excluding hydrogens is 556 g/mol. The Balaban J connectivity index is 1.98. The van der Waals surface area contributed by atoms with E-state index in [0.717, 1.165) is 28.6 Å². The number of anilines is 1. The van der Waals surface area contributed by atoms with Gasteiger partial charge in [0.2, 0.25) is 15.9 Å². The van der Waals surface area contributed by atoms with Crippen LogP contribution < -0.4 is 9.64 Å². The zero-order valence-corrected chi connectivity index (χ0v) is 24.6. The second-order valence-corrected chi connectivity index (χ2v) is 12.6. The third kappa shape index (κ3) is 7.38. The fraction of sp³-hybridized carbons (Fsp3) is 0.444. The Bertz CT molecular complexity index is 1400. The third-order valence-electron chi connectivity index (χ3n) is 6.20. The number of nitrogens with zero attached hydrogens (tertiary/aromatic N) is 4. The molecule has 0 aromatic heterocycles. The van der Waals surface area contributed by atoms with Gasteiger partial charge in [-0.25, -0.2) is 18.0 Å². The Hall–Kier alpha value is -4.04. The minimum atomic E-state index is -4.21. The second kappa shape index (κ2) is 12.2. The van der Waals surface area contributed by atoms with Gasteiger partial charge in [-0.15, -0.1) is 0 Å². The largest absolute Gasteiger partial charge is 0.458 e. The number of amides is 2. The number of benzene rings is 2. The van der Waals surface area contributed by atoms with E-state index in [0.29, 0.717) is 6.42 Å². The van der Waals surface area contributed by atoms with Crippen molar-refractivity contribution in [1.82, 2.24) is 9.21 Å². The van der Waals surface area contributed by atoms with Crippen molar-refractivity contribution in [3.8, 4) is 5.75 Å². The van der Waals surface area contributed by atoms with Crippen molar-refractivity contribution < 1.29 is 37.2 Å². The summed E-state index contributed by atoms with van der Waals surface area (Å²) in [7, 11) is -1.16. The summed E-state index contributed by atoms with van der Waals surface area (Å²) in [6, 6.07) is 8.03. The highest BCUT2D eigenvalue weighted by molar-refractivity contribution is 7.89. The number of hydrogen-bond acceptors (Lipinski definition) is 9. The van der Waals surface area contributed by atoms with Crippen molar-refractivity contribution in [1.29, 1.82) is 0 Å². The first-order chi connectivity index (χ1) is 19.0. The molecule has 0 unspecified atom stereocenters. The van der Waals surface area contributed by atoms with Gasteiger partial charge in [-0.3, -0.25) is 19.8 Å². The molecule has 0 aliphatic carbocycles. The summed E-state index contributed by atoms with van der Waals surface area (Å²) in [6.45, 7) is 6.59. The van der Waals surface area contributed by atoms with Gasteiger partial charge in [0, 0.05) is 38.5 Å². The Kier molecular flexibility index (Phi) is 9.39. The normalized spacial score (nSPS) is 16.5. The summed E-state index contributed by atoms with van der Waals surface area (Å²) in [5, 5.41) is 11.0. The van der Waals surface area contributed by atoms with Crippen molar-refractivity contribution in [3.05, 3.63) is 58.6 Å². The fourth-order valence-electron chi connectivity index (χ4n) is 4.21. The maximum absolute atomic E-state index is 14.1. The van der Waals surface area contributed by atoms with Crippen LogP contribution in [-0.2, 0) is 24.3 Å². The van der Waals surface area contributed by atoms with Crippen molar-refractivity contribution >= 4 is 39.4 Å². The highest BCUT2D eigenvalue weighted by Gasteiger charge is 2.44. The first-order valence-electron chi connectivity index (χ1n) is 12.8. The smallest absolute Gasteiger partial charge is 0.414 e. The lowest BCUT2D eigenvalue weighted by Crippen LogP contribution is -2.53. The summed E-state index contributed by atoms with van der Waals surface area (Å²) in [5.41, 5.74) is -0.851. The minimum Gasteiger partial charge on any atom is -0.458 e. The van der Waals surface area contributed by atoms with E-state index in [1.54, 1.807) is 20.8 Å². The van der Waals surface area contributed by atoms with Crippen molar-refractivity contribution in [3.63, 3.8) is 0 Å². The Morgan fingerprint density at radius 2 is 1.63 bits per heavy atom. The van der Waals surface area contributed by atoms with E-state index in [-0.39, 0.29) is 35.0 Å². The van der Waals surface area contributed by atoms with Gasteiger partial charge in [0.05, 0.1) is 9.82 Å². The van der Waals surface area contributed by atoms with Crippen LogP contribution in [0.3, 0.4) is 0 Å². The number of ether oxygens (including phenoxy) is 2. The van der Waals surface area contributed by atoms with Crippen LogP contribution in [0, 0.1) is 10.1 Å². The molecule has 0 spiro atoms. The first-order valence-corrected chi connectivity index (χ1v) is 14.3. The van der Waals surface area contributed by atoms with Crippen molar-refractivity contribution in [2.24, 2.45) is 0 Å². The molecule has 0 radical (unpaired) electrons. The van der Waals surface area contributed by atoms with Gasteiger partial charge in [-0.05, 0) is 76.9 Å². The molecule has 2 aromatic rings. The van der Waals surface area contributed by atoms with Crippen molar-refractivity contribution in [2.45, 2.75) is 63.1 Å². The number of hydrogen-bond donors (Lipinski definition) is 0. The molecule has 1 fully saturated rings. The predicted molar refractivity (Wildman–Crippen MR) is 149 cm³/mol. The fourth-order valence-corrected chi connectivity index (χ4v) is 5.86. The molecule has 2 aromatic carbocycles. The molecule has 14 heteroatoms. The highest BCUT2D eigenvalue weighted by atomic mass is 32.2. The third-order valence-corrected chi connectivity index (χ3v) is 8.12. The van der Waals surface area contributed by atoms with E-state index in [9.17, 15) is 32.9 Å². The number of esters is 1. The van der Waals surface area contributed by atoms with Crippen LogP contribution in [-0.4, -0.2) is 78.8 Å². The summed E-state index contributed by atoms with van der Waals surface area (Å²) in [6.07, 6.45) is -0.0245. The number of nitro benzene ring substituents is 1. The van der Waals surface area contributed by atoms with Crippen LogP contribution in [0.1, 0.15) is 40.5 Å². The summed E-state index contributed by atoms with van der Waals surface area (Å²) in [5.74, 6) is -1.14. The lowest BCUT2D eigenvalue weighted by atomic mass is 10.1. The van der Waals surface area contributed by atoms with E-state index in [1.165, 1.54) is 55.1 Å². The quantitative estimate of drug-likeness (QED) is 0.255. The summed E-state index contributed by atoms with van der Waals surface area (Å²) < 4.78 is 38.9. The molecule has 0 N–H and O–H groups in total. The maximum atomic E-state index is 14.1. The number of non-ortho nitro benzene ring substituents is 1. The number of sulfonamides is 1. The lowest BCUT2D eigenvalue weighted by molar-refractivity contribution is -0.384. The molecule has 2 amide bonds. The molecule has 2 atom stereocenters. The van der Waals surface area contributed by atoms with Crippen LogP contribution >= 0.6 is 0 Å². The second-order valence-electron chi connectivity index (χ2n) is 10.7. The van der Waals surface area contributed by atoms with Gasteiger partial charge >= 0.3 is 12.1 Å². The monoisotopic (exact) mass is 590 g/mol. The maximum Gasteiger partial charge on any atom is 0.414 e. The molecule has 1 saturated heterocycles. The molecule has 41 heavy (non-hydrogen) atoms. The average Bonchev–Trinajstić information content (AvgIpc) is 3.40. The van der Waals surface area contributed by atoms with Gasteiger partial charge in [0.15, 0.2) is 0 Å². The van der Waals surface area contributed by atoms with E-state index in [4.69, 9.17) is 9.47 Å². The molecule has 1 heterocycles. The van der Waals surface area contributed by atoms with Crippen LogP contribution in [0.5, 0.6) is 5.75 Å². The molecular formula is C27H34N4O9S. The van der Waals surface area contributed by atoms with Crippen LogP contribution in [0.2, 0.25) is 0 Å². The minimum absolute atomic E-state index is 0.0454. The average molecular weight is 591 g/mol. The molecule has 0 bridgehead atoms. The zero-order valence-electron chi connectivity index (χ0n) is 23.8. The Labute approximate surface area is 238 Å². The van der Waals surface area contributed by atoms with E-state index < -0.39 is 50.6 Å². The summed E-state index contributed by atoms with van der Waals surface area (Å²) >= 11 is 0. The van der Waals surface area contributed by atoms with E-state index in [2.05, 4.69) is 0 Å².